The van der Waals surface area contributed by atoms with E-state index in [0.29, 0.717) is 31.2 Å². The second-order valence-corrected chi connectivity index (χ2v) is 5.72. The van der Waals surface area contributed by atoms with Crippen molar-refractivity contribution in [1.82, 2.24) is 5.32 Å². The van der Waals surface area contributed by atoms with Crippen molar-refractivity contribution in [3.63, 3.8) is 0 Å². The molecule has 3 atom stereocenters. The highest BCUT2D eigenvalue weighted by molar-refractivity contribution is 5.66. The number of ether oxygens (including phenoxy) is 2. The lowest BCUT2D eigenvalue weighted by Gasteiger charge is -2.36. The minimum absolute atomic E-state index is 0.0504. The van der Waals surface area contributed by atoms with Crippen LogP contribution in [0.1, 0.15) is 45.4 Å². The first kappa shape index (κ1) is 14.8. The van der Waals surface area contributed by atoms with Gasteiger partial charge >= 0.3 is 5.97 Å². The van der Waals surface area contributed by atoms with E-state index in [-0.39, 0.29) is 12.7 Å². The fourth-order valence-corrected chi connectivity index (χ4v) is 3.02. The topological polar surface area (TPSA) is 67.8 Å². The largest absolute Gasteiger partial charge is 0.481 e. The standard InChI is InChI=1S/C14H25NO4/c1-10-5-6-11(9-14-18-7-8-19-14)15-12(10)3-2-4-13(16)17/h10-12,14-15H,2-9H2,1H3,(H,16,17)/t10-,11+,12+/m1/s1. The Hall–Kier alpha value is -0.650. The fourth-order valence-electron chi connectivity index (χ4n) is 3.02. The lowest BCUT2D eigenvalue weighted by Crippen LogP contribution is -2.48. The zero-order chi connectivity index (χ0) is 13.7. The van der Waals surface area contributed by atoms with Crippen LogP contribution in [-0.2, 0) is 14.3 Å². The Kier molecular flexibility index (Phi) is 5.60. The summed E-state index contributed by atoms with van der Waals surface area (Å²) in [6.07, 6.45) is 5.16. The molecule has 110 valence electrons. The molecule has 0 aliphatic carbocycles. The van der Waals surface area contributed by atoms with E-state index in [1.165, 1.54) is 6.42 Å². The number of aliphatic carboxylic acids is 1. The van der Waals surface area contributed by atoms with E-state index in [2.05, 4.69) is 12.2 Å². The molecule has 0 aromatic heterocycles. The van der Waals surface area contributed by atoms with Crippen molar-refractivity contribution < 1.29 is 19.4 Å². The van der Waals surface area contributed by atoms with E-state index >= 15 is 0 Å². The van der Waals surface area contributed by atoms with E-state index in [0.717, 1.165) is 25.7 Å². The van der Waals surface area contributed by atoms with Gasteiger partial charge in [-0.25, -0.2) is 0 Å². The Morgan fingerprint density at radius 2 is 2.05 bits per heavy atom. The zero-order valence-electron chi connectivity index (χ0n) is 11.6. The summed E-state index contributed by atoms with van der Waals surface area (Å²) in [5, 5.41) is 12.3. The molecule has 2 rings (SSSR count). The van der Waals surface area contributed by atoms with Gasteiger partial charge < -0.3 is 19.9 Å². The quantitative estimate of drug-likeness (QED) is 0.770. The first-order valence-electron chi connectivity index (χ1n) is 7.36. The van der Waals surface area contributed by atoms with E-state index in [9.17, 15) is 4.79 Å². The molecule has 0 aromatic rings. The van der Waals surface area contributed by atoms with Crippen LogP contribution in [0.25, 0.3) is 0 Å². The van der Waals surface area contributed by atoms with Gasteiger partial charge in [0.1, 0.15) is 0 Å². The van der Waals surface area contributed by atoms with Crippen molar-refractivity contribution in [3.05, 3.63) is 0 Å². The molecule has 2 saturated heterocycles. The monoisotopic (exact) mass is 271 g/mol. The van der Waals surface area contributed by atoms with Crippen molar-refractivity contribution in [2.24, 2.45) is 5.92 Å². The zero-order valence-corrected chi connectivity index (χ0v) is 11.6. The van der Waals surface area contributed by atoms with Crippen LogP contribution in [0.15, 0.2) is 0 Å². The molecule has 0 spiro atoms. The van der Waals surface area contributed by atoms with Gasteiger partial charge in [-0.3, -0.25) is 4.79 Å². The van der Waals surface area contributed by atoms with Crippen molar-refractivity contribution >= 4 is 5.97 Å². The van der Waals surface area contributed by atoms with Crippen LogP contribution in [0.2, 0.25) is 0 Å². The lowest BCUT2D eigenvalue weighted by molar-refractivity contribution is -0.137. The molecule has 0 unspecified atom stereocenters. The van der Waals surface area contributed by atoms with Crippen LogP contribution < -0.4 is 5.32 Å². The predicted octanol–water partition coefficient (Wildman–Crippen LogP) is 1.76. The number of carboxylic acid groups (broad SMARTS) is 1. The van der Waals surface area contributed by atoms with Crippen LogP contribution >= 0.6 is 0 Å². The summed E-state index contributed by atoms with van der Waals surface area (Å²) in [4.78, 5) is 10.6. The highest BCUT2D eigenvalue weighted by Gasteiger charge is 2.29. The maximum atomic E-state index is 10.6. The van der Waals surface area contributed by atoms with Gasteiger partial charge in [0.05, 0.1) is 13.2 Å². The predicted molar refractivity (Wildman–Crippen MR) is 70.9 cm³/mol. The van der Waals surface area contributed by atoms with Crippen LogP contribution in [-0.4, -0.2) is 42.7 Å². The van der Waals surface area contributed by atoms with Crippen LogP contribution in [0.3, 0.4) is 0 Å². The summed E-state index contributed by atoms with van der Waals surface area (Å²) in [5.41, 5.74) is 0. The Morgan fingerprint density at radius 1 is 1.32 bits per heavy atom. The normalized spacial score (nSPS) is 32.6. The third kappa shape index (κ3) is 4.75. The molecule has 0 saturated carbocycles. The molecule has 2 N–H and O–H groups in total. The number of rotatable bonds is 6. The molecule has 2 aliphatic heterocycles. The minimum Gasteiger partial charge on any atom is -0.481 e. The molecule has 0 bridgehead atoms. The molecule has 0 radical (unpaired) electrons. The van der Waals surface area contributed by atoms with Crippen molar-refractivity contribution in [2.75, 3.05) is 13.2 Å². The first-order chi connectivity index (χ1) is 9.15. The van der Waals surface area contributed by atoms with Gasteiger partial charge in [0.2, 0.25) is 0 Å². The summed E-state index contributed by atoms with van der Waals surface area (Å²) < 4.78 is 11.0. The summed E-state index contributed by atoms with van der Waals surface area (Å²) in [6, 6.07) is 0.869. The number of carbonyl (C=O) groups is 1. The Labute approximate surface area is 114 Å². The maximum absolute atomic E-state index is 10.6. The second kappa shape index (κ2) is 7.22. The van der Waals surface area contributed by atoms with Gasteiger partial charge in [0, 0.05) is 24.9 Å². The third-order valence-electron chi connectivity index (χ3n) is 4.18. The molecule has 0 amide bonds. The summed E-state index contributed by atoms with van der Waals surface area (Å²) in [6.45, 7) is 3.66. The number of nitrogens with one attached hydrogen (secondary N) is 1. The molecular weight excluding hydrogens is 246 g/mol. The van der Waals surface area contributed by atoms with Crippen molar-refractivity contribution in [3.8, 4) is 0 Å². The molecule has 5 nitrogen and oxygen atoms in total. The van der Waals surface area contributed by atoms with Gasteiger partial charge in [-0.15, -0.1) is 0 Å². The Balaban J connectivity index is 1.73. The molecular formula is C14H25NO4. The fraction of sp³-hybridized carbons (Fsp3) is 0.929. The van der Waals surface area contributed by atoms with E-state index in [1.807, 2.05) is 0 Å². The van der Waals surface area contributed by atoms with Crippen LogP contribution in [0.4, 0.5) is 0 Å². The number of hydrogen-bond acceptors (Lipinski definition) is 4. The molecule has 2 heterocycles. The molecule has 2 aliphatic rings. The van der Waals surface area contributed by atoms with Gasteiger partial charge in [0.25, 0.3) is 0 Å². The van der Waals surface area contributed by atoms with Crippen molar-refractivity contribution in [2.45, 2.75) is 63.8 Å². The molecule has 19 heavy (non-hydrogen) atoms. The number of hydrogen-bond donors (Lipinski definition) is 2. The summed E-state index contributed by atoms with van der Waals surface area (Å²) in [7, 11) is 0. The summed E-state index contributed by atoms with van der Waals surface area (Å²) >= 11 is 0. The highest BCUT2D eigenvalue weighted by Crippen LogP contribution is 2.26. The van der Waals surface area contributed by atoms with Crippen molar-refractivity contribution in [1.29, 1.82) is 0 Å². The molecule has 0 aromatic carbocycles. The smallest absolute Gasteiger partial charge is 0.303 e. The van der Waals surface area contributed by atoms with Gasteiger partial charge in [-0.2, -0.15) is 0 Å². The van der Waals surface area contributed by atoms with E-state index < -0.39 is 5.97 Å². The number of carboxylic acids is 1. The summed E-state index contributed by atoms with van der Waals surface area (Å²) in [5.74, 6) is -0.0803. The van der Waals surface area contributed by atoms with E-state index in [4.69, 9.17) is 14.6 Å². The molecule has 5 heteroatoms. The van der Waals surface area contributed by atoms with Gasteiger partial charge in [-0.05, 0) is 31.6 Å². The highest BCUT2D eigenvalue weighted by atomic mass is 16.7. The first-order valence-corrected chi connectivity index (χ1v) is 7.36. The van der Waals surface area contributed by atoms with Crippen LogP contribution in [0, 0.1) is 5.92 Å². The Bertz CT molecular complexity index is 291. The van der Waals surface area contributed by atoms with Crippen LogP contribution in [0.5, 0.6) is 0 Å². The average Bonchev–Trinajstić information content (AvgIpc) is 2.85. The second-order valence-electron chi connectivity index (χ2n) is 5.72. The average molecular weight is 271 g/mol. The molecule has 2 fully saturated rings. The minimum atomic E-state index is -0.701. The third-order valence-corrected chi connectivity index (χ3v) is 4.18. The SMILES string of the molecule is C[C@@H]1CC[C@@H](CC2OCCO2)N[C@H]1CCCC(=O)O. The maximum Gasteiger partial charge on any atom is 0.303 e. The van der Waals surface area contributed by atoms with Gasteiger partial charge in [0.15, 0.2) is 6.29 Å². The number of piperidine rings is 1. The lowest BCUT2D eigenvalue weighted by atomic mass is 9.85. The Morgan fingerprint density at radius 3 is 2.74 bits per heavy atom. The van der Waals surface area contributed by atoms with E-state index in [1.54, 1.807) is 0 Å². The van der Waals surface area contributed by atoms with Gasteiger partial charge in [-0.1, -0.05) is 6.92 Å².